The average molecular weight is 382 g/mol. The van der Waals surface area contributed by atoms with Gasteiger partial charge in [-0.2, -0.15) is 0 Å². The lowest BCUT2D eigenvalue weighted by Gasteiger charge is -2.37. The summed E-state index contributed by atoms with van der Waals surface area (Å²) in [4.78, 5) is 19.4. The second kappa shape index (κ2) is 10.1. The van der Waals surface area contributed by atoms with Crippen molar-refractivity contribution < 1.29 is 9.53 Å². The van der Waals surface area contributed by atoms with E-state index in [1.54, 1.807) is 7.11 Å². The maximum absolute atomic E-state index is 12.8. The molecule has 0 atom stereocenters. The summed E-state index contributed by atoms with van der Waals surface area (Å²) in [6.07, 6.45) is 1.05. The molecule has 5 heteroatoms. The molecule has 0 saturated carbocycles. The van der Waals surface area contributed by atoms with Gasteiger partial charge in [0.05, 0.1) is 13.7 Å². The van der Waals surface area contributed by atoms with Gasteiger partial charge in [0.15, 0.2) is 0 Å². The molecule has 1 heterocycles. The smallest absolute Gasteiger partial charge is 0.236 e. The quantitative estimate of drug-likeness (QED) is 0.703. The van der Waals surface area contributed by atoms with Gasteiger partial charge in [-0.3, -0.25) is 9.69 Å². The number of amides is 1. The number of carbonyl (C=O) groups excluding carboxylic acids is 1. The second-order valence-electron chi connectivity index (χ2n) is 7.26. The zero-order valence-electron chi connectivity index (χ0n) is 17.0. The Morgan fingerprint density at radius 3 is 2.29 bits per heavy atom. The molecule has 0 bridgehead atoms. The van der Waals surface area contributed by atoms with Crippen LogP contribution in [0.1, 0.15) is 18.9 Å². The van der Waals surface area contributed by atoms with Crippen LogP contribution in [0.2, 0.25) is 0 Å². The molecule has 2 aromatic carbocycles. The first-order valence-corrected chi connectivity index (χ1v) is 10.1. The average Bonchev–Trinajstić information content (AvgIpc) is 2.75. The van der Waals surface area contributed by atoms with Crippen LogP contribution in [-0.2, 0) is 11.3 Å². The molecule has 1 fully saturated rings. The fourth-order valence-corrected chi connectivity index (χ4v) is 3.67. The molecule has 0 aliphatic carbocycles. The van der Waals surface area contributed by atoms with Crippen molar-refractivity contribution in [3.63, 3.8) is 0 Å². The number of methoxy groups -OCH3 is 1. The fourth-order valence-electron chi connectivity index (χ4n) is 3.67. The predicted molar refractivity (Wildman–Crippen MR) is 114 cm³/mol. The first-order chi connectivity index (χ1) is 13.7. The minimum absolute atomic E-state index is 0.235. The molecule has 1 aliphatic heterocycles. The molecule has 1 saturated heterocycles. The van der Waals surface area contributed by atoms with Crippen LogP contribution in [0.25, 0.3) is 0 Å². The fraction of sp³-hybridized carbons (Fsp3) is 0.435. The van der Waals surface area contributed by atoms with Crippen LogP contribution < -0.4 is 9.64 Å². The molecule has 5 nitrogen and oxygen atoms in total. The van der Waals surface area contributed by atoms with Gasteiger partial charge in [0.1, 0.15) is 5.75 Å². The second-order valence-corrected chi connectivity index (χ2v) is 7.26. The minimum Gasteiger partial charge on any atom is -0.497 e. The number of benzene rings is 2. The Balaban J connectivity index is 1.51. The topological polar surface area (TPSA) is 36.0 Å². The molecular formula is C23H31N3O2. The maximum Gasteiger partial charge on any atom is 0.236 e. The van der Waals surface area contributed by atoms with Crippen molar-refractivity contribution in [1.82, 2.24) is 9.80 Å². The van der Waals surface area contributed by atoms with E-state index in [2.05, 4.69) is 53.1 Å². The molecular weight excluding hydrogens is 350 g/mol. The highest BCUT2D eigenvalue weighted by atomic mass is 16.5. The maximum atomic E-state index is 12.8. The molecule has 0 spiro atoms. The molecule has 3 rings (SSSR count). The molecule has 1 aliphatic rings. The van der Waals surface area contributed by atoms with Crippen molar-refractivity contribution in [1.29, 1.82) is 0 Å². The highest BCUT2D eigenvalue weighted by molar-refractivity contribution is 5.78. The van der Waals surface area contributed by atoms with Crippen LogP contribution in [0.15, 0.2) is 54.6 Å². The van der Waals surface area contributed by atoms with E-state index < -0.39 is 0 Å². The molecule has 150 valence electrons. The number of piperazine rings is 1. The third-order valence-corrected chi connectivity index (χ3v) is 5.22. The Labute approximate surface area is 168 Å². The lowest BCUT2D eigenvalue weighted by atomic mass is 10.2. The summed E-state index contributed by atoms with van der Waals surface area (Å²) in [5.41, 5.74) is 2.44. The van der Waals surface area contributed by atoms with Gasteiger partial charge < -0.3 is 14.5 Å². The van der Waals surface area contributed by atoms with Crippen LogP contribution in [0.5, 0.6) is 5.75 Å². The van der Waals surface area contributed by atoms with Gasteiger partial charge in [-0.15, -0.1) is 0 Å². The monoisotopic (exact) mass is 381 g/mol. The van der Waals surface area contributed by atoms with Crippen LogP contribution in [-0.4, -0.2) is 62.1 Å². The lowest BCUT2D eigenvalue weighted by molar-refractivity contribution is -0.132. The molecule has 0 unspecified atom stereocenters. The van der Waals surface area contributed by atoms with Gasteiger partial charge in [-0.05, 0) is 42.8 Å². The molecule has 0 radical (unpaired) electrons. The first kappa shape index (κ1) is 20.2. The highest BCUT2D eigenvalue weighted by Gasteiger charge is 2.23. The van der Waals surface area contributed by atoms with E-state index in [0.717, 1.165) is 51.4 Å². The third kappa shape index (κ3) is 5.49. The lowest BCUT2D eigenvalue weighted by Crippen LogP contribution is -2.51. The van der Waals surface area contributed by atoms with E-state index in [0.29, 0.717) is 6.54 Å². The van der Waals surface area contributed by atoms with Crippen LogP contribution in [0.4, 0.5) is 5.69 Å². The Morgan fingerprint density at radius 2 is 1.68 bits per heavy atom. The Hall–Kier alpha value is -2.53. The SMILES string of the molecule is CCCN(CC(=O)N1CCN(c2ccc(OC)cc2)CC1)Cc1ccccc1. The molecule has 28 heavy (non-hydrogen) atoms. The number of hydrogen-bond donors (Lipinski definition) is 0. The normalized spacial score (nSPS) is 14.4. The summed E-state index contributed by atoms with van der Waals surface area (Å²) in [5, 5.41) is 0. The van der Waals surface area contributed by atoms with Crippen molar-refractivity contribution >= 4 is 11.6 Å². The van der Waals surface area contributed by atoms with Crippen molar-refractivity contribution in [3.05, 3.63) is 60.2 Å². The number of carbonyl (C=O) groups is 1. The summed E-state index contributed by atoms with van der Waals surface area (Å²) in [7, 11) is 1.68. The number of nitrogens with zero attached hydrogens (tertiary/aromatic N) is 3. The van der Waals surface area contributed by atoms with E-state index in [1.807, 2.05) is 23.1 Å². The Morgan fingerprint density at radius 1 is 1.00 bits per heavy atom. The molecule has 1 amide bonds. The standard InChI is InChI=1S/C23H31N3O2/c1-3-13-24(18-20-7-5-4-6-8-20)19-23(27)26-16-14-25(15-17-26)21-9-11-22(28-2)12-10-21/h4-12H,3,13-19H2,1-2H3. The Bertz CT molecular complexity index is 725. The molecule has 0 N–H and O–H groups in total. The van der Waals surface area contributed by atoms with E-state index >= 15 is 0 Å². The van der Waals surface area contributed by atoms with Crippen LogP contribution in [0, 0.1) is 0 Å². The third-order valence-electron chi connectivity index (χ3n) is 5.22. The zero-order valence-corrected chi connectivity index (χ0v) is 17.0. The van der Waals surface area contributed by atoms with Gasteiger partial charge in [0.25, 0.3) is 0 Å². The molecule has 2 aromatic rings. The van der Waals surface area contributed by atoms with E-state index in [9.17, 15) is 4.79 Å². The largest absolute Gasteiger partial charge is 0.497 e. The highest BCUT2D eigenvalue weighted by Crippen LogP contribution is 2.20. The van der Waals surface area contributed by atoms with Gasteiger partial charge in [0.2, 0.25) is 5.91 Å². The predicted octanol–water partition coefficient (Wildman–Crippen LogP) is 3.26. The van der Waals surface area contributed by atoms with Gasteiger partial charge in [-0.1, -0.05) is 37.3 Å². The number of rotatable bonds is 8. The van der Waals surface area contributed by atoms with E-state index in [-0.39, 0.29) is 5.91 Å². The summed E-state index contributed by atoms with van der Waals surface area (Å²) in [6.45, 7) is 7.70. The Kier molecular flexibility index (Phi) is 7.31. The van der Waals surface area contributed by atoms with Crippen molar-refractivity contribution in [2.24, 2.45) is 0 Å². The summed E-state index contributed by atoms with van der Waals surface area (Å²) in [5.74, 6) is 1.10. The van der Waals surface area contributed by atoms with Crippen LogP contribution >= 0.6 is 0 Å². The van der Waals surface area contributed by atoms with Gasteiger partial charge in [-0.25, -0.2) is 0 Å². The van der Waals surface area contributed by atoms with E-state index in [4.69, 9.17) is 4.74 Å². The van der Waals surface area contributed by atoms with Gasteiger partial charge in [0, 0.05) is 38.4 Å². The number of hydrogen-bond acceptors (Lipinski definition) is 4. The minimum atomic E-state index is 0.235. The first-order valence-electron chi connectivity index (χ1n) is 10.1. The van der Waals surface area contributed by atoms with Crippen LogP contribution in [0.3, 0.4) is 0 Å². The summed E-state index contributed by atoms with van der Waals surface area (Å²) in [6, 6.07) is 18.5. The van der Waals surface area contributed by atoms with E-state index in [1.165, 1.54) is 11.3 Å². The van der Waals surface area contributed by atoms with Crippen molar-refractivity contribution in [3.8, 4) is 5.75 Å². The number of ether oxygens (including phenoxy) is 1. The zero-order chi connectivity index (χ0) is 19.8. The van der Waals surface area contributed by atoms with Crippen molar-refractivity contribution in [2.75, 3.05) is 51.3 Å². The number of anilines is 1. The summed E-state index contributed by atoms with van der Waals surface area (Å²) >= 11 is 0. The molecule has 0 aromatic heterocycles. The summed E-state index contributed by atoms with van der Waals surface area (Å²) < 4.78 is 5.23. The van der Waals surface area contributed by atoms with Gasteiger partial charge >= 0.3 is 0 Å². The van der Waals surface area contributed by atoms with Crippen molar-refractivity contribution in [2.45, 2.75) is 19.9 Å².